The lowest BCUT2D eigenvalue weighted by Crippen LogP contribution is -2.35. The highest BCUT2D eigenvalue weighted by Gasteiger charge is 2.08. The van der Waals surface area contributed by atoms with Crippen LogP contribution in [0.4, 0.5) is 10.1 Å². The van der Waals surface area contributed by atoms with Crippen LogP contribution in [0.3, 0.4) is 0 Å². The number of carbonyl (C=O) groups excluding carboxylic acids is 3. The monoisotopic (exact) mass is 386 g/mol. The maximum atomic E-state index is 12.8. The van der Waals surface area contributed by atoms with Crippen LogP contribution in [-0.2, 0) is 19.1 Å². The minimum Gasteiger partial charge on any atom is -0.496 e. The first-order chi connectivity index (χ1) is 13.5. The van der Waals surface area contributed by atoms with Gasteiger partial charge >= 0.3 is 5.97 Å². The fourth-order valence-corrected chi connectivity index (χ4v) is 2.12. The minimum atomic E-state index is -0.711. The number of methoxy groups -OCH3 is 1. The quantitative estimate of drug-likeness (QED) is 0.536. The first kappa shape index (κ1) is 20.6. The SMILES string of the molecule is COc1ccccc1/C=C/C(=O)OCC(=O)NCC(=O)Nc1ccc(F)cc1. The zero-order chi connectivity index (χ0) is 20.4. The number of rotatable bonds is 8. The van der Waals surface area contributed by atoms with E-state index < -0.39 is 30.2 Å². The summed E-state index contributed by atoms with van der Waals surface area (Å²) in [6.45, 7) is -0.844. The van der Waals surface area contributed by atoms with Crippen LogP contribution >= 0.6 is 0 Å². The third-order valence-electron chi connectivity index (χ3n) is 3.46. The van der Waals surface area contributed by atoms with Gasteiger partial charge in [-0.15, -0.1) is 0 Å². The van der Waals surface area contributed by atoms with Gasteiger partial charge in [-0.25, -0.2) is 9.18 Å². The number of benzene rings is 2. The molecule has 0 radical (unpaired) electrons. The van der Waals surface area contributed by atoms with Gasteiger partial charge in [-0.3, -0.25) is 9.59 Å². The molecule has 0 aromatic heterocycles. The van der Waals surface area contributed by atoms with E-state index in [4.69, 9.17) is 9.47 Å². The summed E-state index contributed by atoms with van der Waals surface area (Å²) in [7, 11) is 1.52. The highest BCUT2D eigenvalue weighted by Crippen LogP contribution is 2.18. The summed E-state index contributed by atoms with van der Waals surface area (Å²) in [6, 6.07) is 12.3. The van der Waals surface area contributed by atoms with Crippen molar-refractivity contribution >= 4 is 29.5 Å². The number of para-hydroxylation sites is 1. The fourth-order valence-electron chi connectivity index (χ4n) is 2.12. The Kier molecular flexibility index (Phi) is 7.71. The molecule has 2 rings (SSSR count). The Labute approximate surface area is 161 Å². The lowest BCUT2D eigenvalue weighted by Gasteiger charge is -2.07. The first-order valence-electron chi connectivity index (χ1n) is 8.28. The maximum Gasteiger partial charge on any atom is 0.331 e. The molecule has 0 spiro atoms. The van der Waals surface area contributed by atoms with Crippen LogP contribution in [0.1, 0.15) is 5.56 Å². The normalized spacial score (nSPS) is 10.4. The van der Waals surface area contributed by atoms with Crippen molar-refractivity contribution < 1.29 is 28.2 Å². The largest absolute Gasteiger partial charge is 0.496 e. The van der Waals surface area contributed by atoms with E-state index in [0.29, 0.717) is 17.0 Å². The van der Waals surface area contributed by atoms with Crippen molar-refractivity contribution in [2.45, 2.75) is 0 Å². The second-order valence-electron chi connectivity index (χ2n) is 5.51. The van der Waals surface area contributed by atoms with Crippen LogP contribution in [0, 0.1) is 5.82 Å². The van der Waals surface area contributed by atoms with Crippen molar-refractivity contribution in [2.75, 3.05) is 25.6 Å². The molecule has 0 aliphatic heterocycles. The summed E-state index contributed by atoms with van der Waals surface area (Å²) in [5, 5.41) is 4.80. The van der Waals surface area contributed by atoms with Crippen molar-refractivity contribution in [3.05, 3.63) is 66.0 Å². The summed E-state index contributed by atoms with van der Waals surface area (Å²) < 4.78 is 22.8. The van der Waals surface area contributed by atoms with Gasteiger partial charge in [-0.1, -0.05) is 18.2 Å². The predicted octanol–water partition coefficient (Wildman–Crippen LogP) is 2.15. The molecule has 0 bridgehead atoms. The second kappa shape index (κ2) is 10.5. The second-order valence-corrected chi connectivity index (χ2v) is 5.51. The summed E-state index contributed by atoms with van der Waals surface area (Å²) in [6.07, 6.45) is 2.68. The van der Waals surface area contributed by atoms with E-state index in [0.717, 1.165) is 0 Å². The maximum absolute atomic E-state index is 12.8. The first-order valence-corrected chi connectivity index (χ1v) is 8.28. The van der Waals surface area contributed by atoms with Gasteiger partial charge in [-0.2, -0.15) is 0 Å². The van der Waals surface area contributed by atoms with Gasteiger partial charge in [0.1, 0.15) is 11.6 Å². The topological polar surface area (TPSA) is 93.7 Å². The van der Waals surface area contributed by atoms with Crippen molar-refractivity contribution in [3.63, 3.8) is 0 Å². The molecule has 146 valence electrons. The van der Waals surface area contributed by atoms with Crippen molar-refractivity contribution in [1.82, 2.24) is 5.32 Å². The summed E-state index contributed by atoms with van der Waals surface area (Å²) in [5.41, 5.74) is 1.08. The molecule has 28 heavy (non-hydrogen) atoms. The number of hydrogen-bond acceptors (Lipinski definition) is 5. The fraction of sp³-hybridized carbons (Fsp3) is 0.150. The van der Waals surface area contributed by atoms with Crippen LogP contribution in [0.15, 0.2) is 54.6 Å². The molecule has 0 saturated carbocycles. The number of amides is 2. The molecule has 0 atom stereocenters. The van der Waals surface area contributed by atoms with Gasteiger partial charge < -0.3 is 20.1 Å². The summed E-state index contributed by atoms with van der Waals surface area (Å²) >= 11 is 0. The highest BCUT2D eigenvalue weighted by molar-refractivity contribution is 5.95. The number of hydrogen-bond donors (Lipinski definition) is 2. The molecule has 0 fully saturated rings. The summed E-state index contributed by atoms with van der Waals surface area (Å²) in [5.74, 6) is -1.67. The van der Waals surface area contributed by atoms with E-state index in [1.54, 1.807) is 24.3 Å². The van der Waals surface area contributed by atoms with E-state index in [2.05, 4.69) is 10.6 Å². The number of ether oxygens (including phenoxy) is 2. The van der Waals surface area contributed by atoms with Crippen molar-refractivity contribution in [1.29, 1.82) is 0 Å². The molecule has 0 saturated heterocycles. The number of esters is 1. The Morgan fingerprint density at radius 1 is 1.04 bits per heavy atom. The highest BCUT2D eigenvalue weighted by atomic mass is 19.1. The predicted molar refractivity (Wildman–Crippen MR) is 101 cm³/mol. The van der Waals surface area contributed by atoms with E-state index in [1.807, 2.05) is 0 Å². The van der Waals surface area contributed by atoms with E-state index >= 15 is 0 Å². The molecule has 7 nitrogen and oxygen atoms in total. The van der Waals surface area contributed by atoms with Crippen LogP contribution in [0.5, 0.6) is 5.75 Å². The molecule has 8 heteroatoms. The number of anilines is 1. The van der Waals surface area contributed by atoms with E-state index in [9.17, 15) is 18.8 Å². The number of carbonyl (C=O) groups is 3. The third kappa shape index (κ3) is 6.91. The molecular formula is C20H19FN2O5. The van der Waals surface area contributed by atoms with Crippen molar-refractivity contribution in [3.8, 4) is 5.75 Å². The number of nitrogens with one attached hydrogen (secondary N) is 2. The zero-order valence-corrected chi connectivity index (χ0v) is 15.1. The van der Waals surface area contributed by atoms with E-state index in [-0.39, 0.29) is 6.54 Å². The Morgan fingerprint density at radius 3 is 2.46 bits per heavy atom. The standard InChI is InChI=1S/C20H19FN2O5/c1-27-17-5-3-2-4-14(17)6-11-20(26)28-13-19(25)22-12-18(24)23-16-9-7-15(21)8-10-16/h2-11H,12-13H2,1H3,(H,22,25)(H,23,24)/b11-6+. The minimum absolute atomic E-state index is 0.315. The molecule has 0 aliphatic carbocycles. The smallest absolute Gasteiger partial charge is 0.331 e. The lowest BCUT2D eigenvalue weighted by atomic mass is 10.2. The molecule has 2 aromatic rings. The Bertz CT molecular complexity index is 865. The van der Waals surface area contributed by atoms with Gasteiger partial charge in [-0.05, 0) is 36.4 Å². The lowest BCUT2D eigenvalue weighted by molar-refractivity contribution is -0.143. The van der Waals surface area contributed by atoms with Gasteiger partial charge in [0.05, 0.1) is 13.7 Å². The van der Waals surface area contributed by atoms with Crippen LogP contribution in [-0.4, -0.2) is 38.0 Å². The Hall–Kier alpha value is -3.68. The van der Waals surface area contributed by atoms with Gasteiger partial charge in [0.15, 0.2) is 6.61 Å². The van der Waals surface area contributed by atoms with Crippen LogP contribution in [0.2, 0.25) is 0 Å². The number of halogens is 1. The molecule has 0 unspecified atom stereocenters. The molecular weight excluding hydrogens is 367 g/mol. The Balaban J connectivity index is 1.71. The van der Waals surface area contributed by atoms with Gasteiger partial charge in [0, 0.05) is 17.3 Å². The Morgan fingerprint density at radius 2 is 1.75 bits per heavy atom. The molecule has 2 amide bonds. The van der Waals surface area contributed by atoms with Crippen molar-refractivity contribution in [2.24, 2.45) is 0 Å². The van der Waals surface area contributed by atoms with Gasteiger partial charge in [0.2, 0.25) is 5.91 Å². The molecule has 0 aliphatic rings. The van der Waals surface area contributed by atoms with Crippen LogP contribution in [0.25, 0.3) is 6.08 Å². The molecule has 2 N–H and O–H groups in total. The summed E-state index contributed by atoms with van der Waals surface area (Å²) in [4.78, 5) is 35.1. The van der Waals surface area contributed by atoms with E-state index in [1.165, 1.54) is 43.5 Å². The van der Waals surface area contributed by atoms with Gasteiger partial charge in [0.25, 0.3) is 5.91 Å². The zero-order valence-electron chi connectivity index (χ0n) is 15.1. The molecule has 2 aromatic carbocycles. The average Bonchev–Trinajstić information content (AvgIpc) is 2.71. The van der Waals surface area contributed by atoms with Crippen LogP contribution < -0.4 is 15.4 Å². The molecule has 0 heterocycles. The third-order valence-corrected chi connectivity index (χ3v) is 3.46. The average molecular weight is 386 g/mol.